The van der Waals surface area contributed by atoms with Crippen molar-refractivity contribution in [1.82, 2.24) is 4.31 Å². The Labute approximate surface area is 103 Å². The maximum Gasteiger partial charge on any atom is 0.214 e. The maximum absolute atomic E-state index is 11.9. The van der Waals surface area contributed by atoms with Gasteiger partial charge in [0.25, 0.3) is 0 Å². The van der Waals surface area contributed by atoms with Crippen molar-refractivity contribution in [3.05, 3.63) is 35.9 Å². The van der Waals surface area contributed by atoms with E-state index in [9.17, 15) is 8.42 Å². The van der Waals surface area contributed by atoms with Crippen molar-refractivity contribution in [2.24, 2.45) is 5.73 Å². The number of benzene rings is 1. The topological polar surface area (TPSA) is 63.4 Å². The van der Waals surface area contributed by atoms with Gasteiger partial charge in [0.15, 0.2) is 0 Å². The van der Waals surface area contributed by atoms with Crippen molar-refractivity contribution in [3.63, 3.8) is 0 Å². The molecule has 2 N–H and O–H groups in total. The van der Waals surface area contributed by atoms with Gasteiger partial charge in [-0.3, -0.25) is 0 Å². The summed E-state index contributed by atoms with van der Waals surface area (Å²) in [5, 5.41) is 0. The lowest BCUT2D eigenvalue weighted by atomic mass is 10.2. The summed E-state index contributed by atoms with van der Waals surface area (Å²) in [5.74, 6) is 0.129. The average molecular weight is 256 g/mol. The van der Waals surface area contributed by atoms with E-state index >= 15 is 0 Å². The zero-order valence-electron chi connectivity index (χ0n) is 10.2. The van der Waals surface area contributed by atoms with Crippen LogP contribution in [0.4, 0.5) is 0 Å². The van der Waals surface area contributed by atoms with Crippen LogP contribution in [0.3, 0.4) is 0 Å². The number of sulfonamides is 1. The Morgan fingerprint density at radius 2 is 1.88 bits per heavy atom. The van der Waals surface area contributed by atoms with Gasteiger partial charge >= 0.3 is 0 Å². The first-order valence-corrected chi connectivity index (χ1v) is 7.43. The third kappa shape index (κ3) is 4.46. The average Bonchev–Trinajstić information content (AvgIpc) is 2.35. The smallest absolute Gasteiger partial charge is 0.214 e. The molecule has 0 radical (unpaired) electrons. The predicted octanol–water partition coefficient (Wildman–Crippen LogP) is 1.19. The fraction of sp³-hybridized carbons (Fsp3) is 0.500. The van der Waals surface area contributed by atoms with Crippen molar-refractivity contribution < 1.29 is 8.42 Å². The number of nitrogens with two attached hydrogens (primary N) is 1. The van der Waals surface area contributed by atoms with Crippen LogP contribution in [0.5, 0.6) is 0 Å². The molecule has 0 bridgehead atoms. The molecule has 1 aromatic rings. The molecule has 0 aliphatic heterocycles. The van der Waals surface area contributed by atoms with E-state index in [0.717, 1.165) is 5.56 Å². The molecule has 0 aliphatic rings. The Balaban J connectivity index is 2.78. The molecule has 0 heterocycles. The van der Waals surface area contributed by atoms with Gasteiger partial charge in [-0.25, -0.2) is 8.42 Å². The van der Waals surface area contributed by atoms with E-state index in [1.54, 1.807) is 6.92 Å². The van der Waals surface area contributed by atoms with Crippen LogP contribution in [0.2, 0.25) is 0 Å². The monoisotopic (exact) mass is 256 g/mol. The Hall–Kier alpha value is -0.910. The van der Waals surface area contributed by atoms with Crippen LogP contribution < -0.4 is 5.73 Å². The highest BCUT2D eigenvalue weighted by Gasteiger charge is 2.19. The summed E-state index contributed by atoms with van der Waals surface area (Å²) in [6.07, 6.45) is 0.687. The zero-order valence-corrected chi connectivity index (χ0v) is 11.0. The van der Waals surface area contributed by atoms with Crippen molar-refractivity contribution in [3.8, 4) is 0 Å². The number of hydrogen-bond donors (Lipinski definition) is 1. The van der Waals surface area contributed by atoms with E-state index in [-0.39, 0.29) is 5.75 Å². The second-order valence-corrected chi connectivity index (χ2v) is 6.12. The van der Waals surface area contributed by atoms with Crippen molar-refractivity contribution in [2.75, 3.05) is 18.8 Å². The van der Waals surface area contributed by atoms with Crippen molar-refractivity contribution in [2.45, 2.75) is 19.9 Å². The van der Waals surface area contributed by atoms with Crippen LogP contribution >= 0.6 is 0 Å². The van der Waals surface area contributed by atoms with Gasteiger partial charge in [0.1, 0.15) is 0 Å². The standard InChI is InChI=1S/C12H20N2O2S/c1-2-17(15,16)14(10-6-9-13)11-12-7-4-3-5-8-12/h3-5,7-8H,2,6,9-11,13H2,1H3. The highest BCUT2D eigenvalue weighted by Crippen LogP contribution is 2.10. The highest BCUT2D eigenvalue weighted by atomic mass is 32.2. The molecule has 1 rings (SSSR count). The third-order valence-electron chi connectivity index (χ3n) is 2.57. The van der Waals surface area contributed by atoms with E-state index in [2.05, 4.69) is 0 Å². The van der Waals surface area contributed by atoms with Gasteiger partial charge in [-0.05, 0) is 25.5 Å². The van der Waals surface area contributed by atoms with Gasteiger partial charge in [0, 0.05) is 13.1 Å². The summed E-state index contributed by atoms with van der Waals surface area (Å²) in [6.45, 7) is 3.08. The SMILES string of the molecule is CCS(=O)(=O)N(CCCN)Cc1ccccc1. The Bertz CT molecular complexity index is 417. The van der Waals surface area contributed by atoms with E-state index in [1.165, 1.54) is 4.31 Å². The maximum atomic E-state index is 11.9. The second kappa shape index (κ2) is 6.74. The van der Waals surface area contributed by atoms with Crippen LogP contribution in [0.1, 0.15) is 18.9 Å². The molecule has 96 valence electrons. The molecular weight excluding hydrogens is 236 g/mol. The molecule has 0 atom stereocenters. The van der Waals surface area contributed by atoms with Crippen molar-refractivity contribution >= 4 is 10.0 Å². The first kappa shape index (κ1) is 14.2. The largest absolute Gasteiger partial charge is 0.330 e. The summed E-state index contributed by atoms with van der Waals surface area (Å²) < 4.78 is 25.3. The summed E-state index contributed by atoms with van der Waals surface area (Å²) >= 11 is 0. The summed E-state index contributed by atoms with van der Waals surface area (Å²) in [5.41, 5.74) is 6.43. The van der Waals surface area contributed by atoms with E-state index in [0.29, 0.717) is 26.1 Å². The minimum atomic E-state index is -3.15. The van der Waals surface area contributed by atoms with Gasteiger partial charge < -0.3 is 5.73 Å². The molecule has 0 unspecified atom stereocenters. The predicted molar refractivity (Wildman–Crippen MR) is 70.0 cm³/mol. The van der Waals surface area contributed by atoms with Gasteiger partial charge in [-0.2, -0.15) is 4.31 Å². The van der Waals surface area contributed by atoms with Gasteiger partial charge in [0.05, 0.1) is 5.75 Å². The molecule has 0 aromatic heterocycles. The Morgan fingerprint density at radius 3 is 2.41 bits per heavy atom. The second-order valence-electron chi connectivity index (χ2n) is 3.86. The lowest BCUT2D eigenvalue weighted by molar-refractivity contribution is 0.402. The first-order valence-electron chi connectivity index (χ1n) is 5.82. The van der Waals surface area contributed by atoms with Crippen LogP contribution in [0, 0.1) is 0 Å². The fourth-order valence-corrected chi connectivity index (χ4v) is 2.67. The lowest BCUT2D eigenvalue weighted by Crippen LogP contribution is -2.33. The fourth-order valence-electron chi connectivity index (χ4n) is 1.55. The lowest BCUT2D eigenvalue weighted by Gasteiger charge is -2.21. The minimum absolute atomic E-state index is 0.129. The minimum Gasteiger partial charge on any atom is -0.330 e. The van der Waals surface area contributed by atoms with Crippen LogP contribution in [-0.4, -0.2) is 31.6 Å². The van der Waals surface area contributed by atoms with E-state index in [1.807, 2.05) is 30.3 Å². The van der Waals surface area contributed by atoms with E-state index in [4.69, 9.17) is 5.73 Å². The van der Waals surface area contributed by atoms with Crippen LogP contribution in [0.15, 0.2) is 30.3 Å². The molecule has 4 nitrogen and oxygen atoms in total. The molecule has 0 amide bonds. The quantitative estimate of drug-likeness (QED) is 0.797. The summed E-state index contributed by atoms with van der Waals surface area (Å²) in [6, 6.07) is 9.60. The van der Waals surface area contributed by atoms with Gasteiger partial charge in [-0.1, -0.05) is 30.3 Å². The highest BCUT2D eigenvalue weighted by molar-refractivity contribution is 7.89. The first-order chi connectivity index (χ1) is 8.10. The zero-order chi connectivity index (χ0) is 12.7. The third-order valence-corrected chi connectivity index (χ3v) is 4.40. The normalized spacial score (nSPS) is 11.9. The van der Waals surface area contributed by atoms with E-state index < -0.39 is 10.0 Å². The Morgan fingerprint density at radius 1 is 1.24 bits per heavy atom. The number of rotatable bonds is 7. The molecule has 0 saturated carbocycles. The number of hydrogen-bond acceptors (Lipinski definition) is 3. The Kier molecular flexibility index (Phi) is 5.61. The van der Waals surface area contributed by atoms with Crippen molar-refractivity contribution in [1.29, 1.82) is 0 Å². The summed E-state index contributed by atoms with van der Waals surface area (Å²) in [4.78, 5) is 0. The molecule has 0 fully saturated rings. The molecule has 1 aromatic carbocycles. The molecule has 17 heavy (non-hydrogen) atoms. The van der Waals surface area contributed by atoms with Crippen LogP contribution in [-0.2, 0) is 16.6 Å². The number of nitrogens with zero attached hydrogens (tertiary/aromatic N) is 1. The van der Waals surface area contributed by atoms with Gasteiger partial charge in [-0.15, -0.1) is 0 Å². The summed E-state index contributed by atoms with van der Waals surface area (Å²) in [7, 11) is -3.15. The van der Waals surface area contributed by atoms with Gasteiger partial charge in [0.2, 0.25) is 10.0 Å². The molecule has 0 saturated heterocycles. The molecule has 0 spiro atoms. The van der Waals surface area contributed by atoms with Crippen LogP contribution in [0.25, 0.3) is 0 Å². The molecule has 0 aliphatic carbocycles. The molecule has 5 heteroatoms. The molecular formula is C12H20N2O2S.